The number of nitrogens with two attached hydrogens (primary N) is 1. The Labute approximate surface area is 204 Å². The third kappa shape index (κ3) is 9.82. The zero-order chi connectivity index (χ0) is 22.6. The van der Waals surface area contributed by atoms with Crippen LogP contribution in [0.4, 0.5) is 5.95 Å². The molecule has 2 heterocycles. The Kier molecular flexibility index (Phi) is 11.7. The maximum Gasteiger partial charge on any atom is 0.197 e. The number of nitrogens with one attached hydrogen (secondary N) is 1. The first-order valence-corrected chi connectivity index (χ1v) is 12.1. The van der Waals surface area contributed by atoms with Gasteiger partial charge in [-0.15, -0.1) is 17.5 Å². The Morgan fingerprint density at radius 2 is 1.73 bits per heavy atom. The number of anilines is 1. The largest absolute Gasteiger partial charge is 0.369 e. The zero-order valence-corrected chi connectivity index (χ0v) is 20.9. The van der Waals surface area contributed by atoms with Gasteiger partial charge in [-0.05, 0) is 56.6 Å². The molecule has 0 fully saturated rings. The number of hydrogen-bond acceptors (Lipinski definition) is 4. The highest BCUT2D eigenvalue weighted by atomic mass is 35.5. The lowest BCUT2D eigenvalue weighted by atomic mass is 10.0. The third-order valence-electron chi connectivity index (χ3n) is 5.74. The Morgan fingerprint density at radius 1 is 1.00 bits per heavy atom. The van der Waals surface area contributed by atoms with E-state index in [1.54, 1.807) is 0 Å². The Bertz CT molecular complexity index is 957. The van der Waals surface area contributed by atoms with Crippen molar-refractivity contribution < 1.29 is 0 Å². The topological polar surface area (TPSA) is 85.4 Å². The average Bonchev–Trinajstić information content (AvgIpc) is 3.40. The Morgan fingerprint density at radius 3 is 2.45 bits per heavy atom. The maximum absolute atomic E-state index is 5.61. The highest BCUT2D eigenvalue weighted by Crippen LogP contribution is 2.13. The van der Waals surface area contributed by atoms with Crippen molar-refractivity contribution in [2.75, 3.05) is 5.73 Å². The summed E-state index contributed by atoms with van der Waals surface area (Å²) in [6.07, 6.45) is 17.9. The molecular weight excluding hydrogens is 432 g/mol. The van der Waals surface area contributed by atoms with Gasteiger partial charge in [-0.2, -0.15) is 0 Å². The minimum Gasteiger partial charge on any atom is -0.369 e. The molecule has 0 aliphatic carbocycles. The van der Waals surface area contributed by atoms with Crippen LogP contribution in [0.3, 0.4) is 0 Å². The summed E-state index contributed by atoms with van der Waals surface area (Å²) in [5, 5.41) is 8.65. The molecule has 2 aromatic heterocycles. The van der Waals surface area contributed by atoms with Gasteiger partial charge in [-0.25, -0.2) is 9.67 Å². The zero-order valence-electron chi connectivity index (χ0n) is 20.1. The first kappa shape index (κ1) is 26.7. The van der Waals surface area contributed by atoms with Crippen molar-refractivity contribution in [1.82, 2.24) is 25.0 Å². The average molecular weight is 471 g/mol. The number of H-pyrrole nitrogens is 1. The molecule has 0 unspecified atom stereocenters. The SMILES string of the molecule is CCCCCCc1ccc(/C=C(\C)Cn2cc(CCCCCc3cnc(N)[nH]3)nn2)cc1.Cl. The lowest BCUT2D eigenvalue weighted by Gasteiger charge is -2.04. The van der Waals surface area contributed by atoms with Gasteiger partial charge < -0.3 is 10.7 Å². The number of allylic oxidation sites excluding steroid dienone is 1. The fourth-order valence-electron chi connectivity index (χ4n) is 3.95. The Balaban J connectivity index is 0.00000385. The number of nitrogens with zero attached hydrogens (tertiary/aromatic N) is 4. The van der Waals surface area contributed by atoms with E-state index in [0.29, 0.717) is 5.95 Å². The van der Waals surface area contributed by atoms with Crippen LogP contribution in [0.1, 0.15) is 81.3 Å². The summed E-state index contributed by atoms with van der Waals surface area (Å²) in [4.78, 5) is 7.11. The number of benzene rings is 1. The minimum absolute atomic E-state index is 0. The molecule has 3 N–H and O–H groups in total. The number of nitrogen functional groups attached to an aromatic ring is 1. The first-order chi connectivity index (χ1) is 15.6. The second-order valence-corrected chi connectivity index (χ2v) is 8.80. The summed E-state index contributed by atoms with van der Waals surface area (Å²) >= 11 is 0. The van der Waals surface area contributed by atoms with Crippen LogP contribution in [0.25, 0.3) is 6.08 Å². The molecule has 0 aliphatic rings. The van der Waals surface area contributed by atoms with Gasteiger partial charge in [-0.1, -0.05) is 73.7 Å². The van der Waals surface area contributed by atoms with Gasteiger partial charge in [0, 0.05) is 11.9 Å². The molecule has 3 aromatic rings. The smallest absolute Gasteiger partial charge is 0.197 e. The second kappa shape index (κ2) is 14.5. The van der Waals surface area contributed by atoms with Gasteiger partial charge in [0.05, 0.1) is 18.4 Å². The van der Waals surface area contributed by atoms with Crippen LogP contribution in [-0.2, 0) is 25.8 Å². The molecule has 7 heteroatoms. The molecule has 0 atom stereocenters. The molecule has 180 valence electrons. The molecule has 0 bridgehead atoms. The lowest BCUT2D eigenvalue weighted by molar-refractivity contribution is 0.642. The third-order valence-corrected chi connectivity index (χ3v) is 5.74. The van der Waals surface area contributed by atoms with Crippen molar-refractivity contribution in [3.63, 3.8) is 0 Å². The van der Waals surface area contributed by atoms with Gasteiger partial charge in [-0.3, -0.25) is 0 Å². The number of aromatic nitrogens is 5. The standard InChI is InChI=1S/C26H38N6.ClH/c1-3-4-5-7-10-22-13-15-23(16-14-22)17-21(2)19-32-20-25(30-31-32)12-9-6-8-11-24-18-28-26(27)29-24;/h13-18,20H,3-12,19H2,1-2H3,(H3,27,28,29);1H/b21-17+;. The van der Waals surface area contributed by atoms with Gasteiger partial charge >= 0.3 is 0 Å². The molecule has 3 rings (SSSR count). The maximum atomic E-state index is 5.61. The lowest BCUT2D eigenvalue weighted by Crippen LogP contribution is -1.99. The summed E-state index contributed by atoms with van der Waals surface area (Å²) in [6, 6.07) is 8.98. The molecule has 0 spiro atoms. The predicted molar refractivity (Wildman–Crippen MR) is 139 cm³/mol. The first-order valence-electron chi connectivity index (χ1n) is 12.1. The number of aryl methyl sites for hydroxylation is 3. The van der Waals surface area contributed by atoms with Crippen molar-refractivity contribution in [2.45, 2.75) is 84.6 Å². The molecule has 1 aromatic carbocycles. The van der Waals surface area contributed by atoms with Crippen molar-refractivity contribution >= 4 is 24.4 Å². The van der Waals surface area contributed by atoms with Crippen LogP contribution in [0, 0.1) is 0 Å². The van der Waals surface area contributed by atoms with E-state index in [1.165, 1.54) is 48.8 Å². The summed E-state index contributed by atoms with van der Waals surface area (Å²) in [6.45, 7) is 5.18. The molecule has 0 saturated carbocycles. The normalized spacial score (nSPS) is 11.5. The number of imidazole rings is 1. The van der Waals surface area contributed by atoms with Crippen LogP contribution in [0.2, 0.25) is 0 Å². The number of hydrogen-bond donors (Lipinski definition) is 2. The van der Waals surface area contributed by atoms with Crippen LogP contribution in [0.15, 0.2) is 42.2 Å². The summed E-state index contributed by atoms with van der Waals surface area (Å²) < 4.78 is 1.94. The highest BCUT2D eigenvalue weighted by molar-refractivity contribution is 5.85. The van der Waals surface area contributed by atoms with E-state index >= 15 is 0 Å². The van der Waals surface area contributed by atoms with E-state index in [4.69, 9.17) is 5.73 Å². The van der Waals surface area contributed by atoms with Crippen molar-refractivity contribution in [3.8, 4) is 0 Å². The monoisotopic (exact) mass is 470 g/mol. The quantitative estimate of drug-likeness (QED) is 0.275. The molecule has 6 nitrogen and oxygen atoms in total. The fourth-order valence-corrected chi connectivity index (χ4v) is 3.95. The fraction of sp³-hybridized carbons (Fsp3) is 0.500. The van der Waals surface area contributed by atoms with Gasteiger partial charge in [0.15, 0.2) is 5.95 Å². The van der Waals surface area contributed by atoms with E-state index in [2.05, 4.69) is 70.7 Å². The summed E-state index contributed by atoms with van der Waals surface area (Å²) in [5.74, 6) is 0.496. The minimum atomic E-state index is 0. The number of unbranched alkanes of at least 4 members (excludes halogenated alkanes) is 5. The molecule has 0 radical (unpaired) electrons. The second-order valence-electron chi connectivity index (χ2n) is 8.80. The van der Waals surface area contributed by atoms with Gasteiger partial charge in [0.2, 0.25) is 0 Å². The van der Waals surface area contributed by atoms with Gasteiger partial charge in [0.25, 0.3) is 0 Å². The van der Waals surface area contributed by atoms with Crippen LogP contribution >= 0.6 is 12.4 Å². The van der Waals surface area contributed by atoms with Crippen molar-refractivity contribution in [3.05, 3.63) is 64.7 Å². The number of halogens is 1. The molecule has 0 aliphatic heterocycles. The molecule has 33 heavy (non-hydrogen) atoms. The summed E-state index contributed by atoms with van der Waals surface area (Å²) in [7, 11) is 0. The Hall–Kier alpha value is -2.60. The number of rotatable bonds is 14. The van der Waals surface area contributed by atoms with Gasteiger partial charge in [0.1, 0.15) is 0 Å². The van der Waals surface area contributed by atoms with E-state index in [1.807, 2.05) is 10.9 Å². The molecule has 0 saturated heterocycles. The van der Waals surface area contributed by atoms with E-state index in [0.717, 1.165) is 50.0 Å². The van der Waals surface area contributed by atoms with Crippen LogP contribution in [0.5, 0.6) is 0 Å². The molecular formula is C26H39ClN6. The van der Waals surface area contributed by atoms with Crippen molar-refractivity contribution in [2.24, 2.45) is 0 Å². The van der Waals surface area contributed by atoms with E-state index in [9.17, 15) is 0 Å². The van der Waals surface area contributed by atoms with E-state index in [-0.39, 0.29) is 12.4 Å². The van der Waals surface area contributed by atoms with Crippen LogP contribution in [-0.4, -0.2) is 25.0 Å². The van der Waals surface area contributed by atoms with E-state index < -0.39 is 0 Å². The number of aromatic amines is 1. The predicted octanol–water partition coefficient (Wildman–Crippen LogP) is 6.19. The van der Waals surface area contributed by atoms with Crippen LogP contribution < -0.4 is 5.73 Å². The molecule has 0 amide bonds. The van der Waals surface area contributed by atoms with Crippen molar-refractivity contribution in [1.29, 1.82) is 0 Å². The summed E-state index contributed by atoms with van der Waals surface area (Å²) in [5.41, 5.74) is 11.7. The highest BCUT2D eigenvalue weighted by Gasteiger charge is 2.03.